The molecule has 0 unspecified atom stereocenters. The minimum absolute atomic E-state index is 0.209. The Morgan fingerprint density at radius 2 is 2.11 bits per heavy atom. The van der Waals surface area contributed by atoms with E-state index in [1.807, 2.05) is 0 Å². The van der Waals surface area contributed by atoms with Gasteiger partial charge in [-0.2, -0.15) is 0 Å². The van der Waals surface area contributed by atoms with Gasteiger partial charge in [0.2, 0.25) is 0 Å². The van der Waals surface area contributed by atoms with Crippen molar-refractivity contribution in [2.45, 2.75) is 26.7 Å². The summed E-state index contributed by atoms with van der Waals surface area (Å²) in [5, 5.41) is 0. The quantitative estimate of drug-likeness (QED) is 0.737. The first-order chi connectivity index (χ1) is 8.62. The second kappa shape index (κ2) is 3.98. The largest absolute Gasteiger partial charge is 0.497 e. The van der Waals surface area contributed by atoms with Crippen molar-refractivity contribution in [3.63, 3.8) is 0 Å². The molecule has 0 saturated heterocycles. The van der Waals surface area contributed by atoms with Crippen LogP contribution in [0.25, 0.3) is 5.57 Å². The third-order valence-electron chi connectivity index (χ3n) is 3.97. The van der Waals surface area contributed by atoms with Gasteiger partial charge in [0.1, 0.15) is 5.75 Å². The van der Waals surface area contributed by atoms with Crippen molar-refractivity contribution in [2.75, 3.05) is 13.7 Å². The lowest BCUT2D eigenvalue weighted by molar-refractivity contribution is 0.414. The summed E-state index contributed by atoms with van der Waals surface area (Å²) >= 11 is 0. The fourth-order valence-corrected chi connectivity index (χ4v) is 3.24. The third-order valence-corrected chi connectivity index (χ3v) is 3.97. The Balaban J connectivity index is 2.17. The number of methoxy groups -OCH3 is 1. The molecule has 1 aromatic carbocycles. The molecule has 94 valence electrons. The number of ether oxygens (including phenoxy) is 1. The van der Waals surface area contributed by atoms with E-state index in [1.165, 1.54) is 22.3 Å². The van der Waals surface area contributed by atoms with E-state index in [0.717, 1.165) is 25.1 Å². The fourth-order valence-electron chi connectivity index (χ4n) is 3.24. The maximum atomic E-state index is 5.33. The van der Waals surface area contributed by atoms with Crippen LogP contribution in [0.4, 0.5) is 0 Å². The molecule has 1 aliphatic heterocycles. The molecule has 0 bridgehead atoms. The van der Waals surface area contributed by atoms with Crippen LogP contribution in [0, 0.1) is 5.41 Å². The van der Waals surface area contributed by atoms with Crippen LogP contribution in [0.15, 0.2) is 28.8 Å². The van der Waals surface area contributed by atoms with Gasteiger partial charge in [0.25, 0.3) is 0 Å². The molecule has 18 heavy (non-hydrogen) atoms. The molecule has 0 atom stereocenters. The van der Waals surface area contributed by atoms with Crippen LogP contribution in [0.5, 0.6) is 5.75 Å². The number of aliphatic imine (C=N–C) groups is 1. The highest BCUT2D eigenvalue weighted by Gasteiger charge is 2.36. The van der Waals surface area contributed by atoms with Crippen molar-refractivity contribution in [2.24, 2.45) is 10.4 Å². The summed E-state index contributed by atoms with van der Waals surface area (Å²) in [5.74, 6) is 0.955. The molecule has 1 aromatic rings. The maximum Gasteiger partial charge on any atom is 0.119 e. The van der Waals surface area contributed by atoms with Crippen molar-refractivity contribution in [3.8, 4) is 5.75 Å². The SMILES string of the molecule is COc1ccc2c(c1)CC(C)(C)/C2=C1\C=NCC1. The normalized spacial score (nSPS) is 24.4. The molecular formula is C16H19NO. The van der Waals surface area contributed by atoms with Crippen LogP contribution in [0.1, 0.15) is 31.4 Å². The molecule has 0 radical (unpaired) electrons. The molecule has 2 nitrogen and oxygen atoms in total. The lowest BCUT2D eigenvalue weighted by atomic mass is 9.82. The van der Waals surface area contributed by atoms with E-state index >= 15 is 0 Å². The summed E-state index contributed by atoms with van der Waals surface area (Å²) in [6.45, 7) is 5.60. The van der Waals surface area contributed by atoms with Gasteiger partial charge in [0.15, 0.2) is 0 Å². The van der Waals surface area contributed by atoms with Gasteiger partial charge >= 0.3 is 0 Å². The summed E-state index contributed by atoms with van der Waals surface area (Å²) in [6.07, 6.45) is 4.24. The summed E-state index contributed by atoms with van der Waals surface area (Å²) in [6, 6.07) is 6.45. The second-order valence-electron chi connectivity index (χ2n) is 5.77. The van der Waals surface area contributed by atoms with Gasteiger partial charge in [-0.1, -0.05) is 19.9 Å². The van der Waals surface area contributed by atoms with Gasteiger partial charge in [0.05, 0.1) is 7.11 Å². The average molecular weight is 241 g/mol. The highest BCUT2D eigenvalue weighted by Crippen LogP contribution is 2.49. The van der Waals surface area contributed by atoms with E-state index in [0.29, 0.717) is 0 Å². The smallest absolute Gasteiger partial charge is 0.119 e. The van der Waals surface area contributed by atoms with Gasteiger partial charge in [0, 0.05) is 12.8 Å². The lowest BCUT2D eigenvalue weighted by Gasteiger charge is -2.21. The van der Waals surface area contributed by atoms with Gasteiger partial charge in [-0.25, -0.2) is 0 Å². The van der Waals surface area contributed by atoms with Crippen LogP contribution in [0.2, 0.25) is 0 Å². The maximum absolute atomic E-state index is 5.33. The van der Waals surface area contributed by atoms with Crippen LogP contribution in [-0.2, 0) is 6.42 Å². The third kappa shape index (κ3) is 1.67. The van der Waals surface area contributed by atoms with Crippen molar-refractivity contribution in [1.82, 2.24) is 0 Å². The number of rotatable bonds is 1. The minimum Gasteiger partial charge on any atom is -0.497 e. The van der Waals surface area contributed by atoms with Crippen molar-refractivity contribution in [3.05, 3.63) is 34.9 Å². The lowest BCUT2D eigenvalue weighted by Crippen LogP contribution is -2.11. The number of hydrogen-bond acceptors (Lipinski definition) is 2. The molecule has 3 rings (SSSR count). The van der Waals surface area contributed by atoms with Crippen molar-refractivity contribution in [1.29, 1.82) is 0 Å². The molecular weight excluding hydrogens is 222 g/mol. The number of benzene rings is 1. The van der Waals surface area contributed by atoms with E-state index in [2.05, 4.69) is 43.3 Å². The average Bonchev–Trinajstić information content (AvgIpc) is 2.91. The van der Waals surface area contributed by atoms with Crippen molar-refractivity contribution >= 4 is 11.8 Å². The zero-order valence-corrected chi connectivity index (χ0v) is 11.3. The van der Waals surface area contributed by atoms with Crippen LogP contribution < -0.4 is 4.74 Å². The first-order valence-corrected chi connectivity index (χ1v) is 6.52. The predicted octanol–water partition coefficient (Wildman–Crippen LogP) is 3.51. The fraction of sp³-hybridized carbons (Fsp3) is 0.438. The number of fused-ring (bicyclic) bond motifs is 1. The van der Waals surface area contributed by atoms with Crippen LogP contribution in [0.3, 0.4) is 0 Å². The van der Waals surface area contributed by atoms with E-state index in [-0.39, 0.29) is 5.41 Å². The molecule has 1 heterocycles. The Hall–Kier alpha value is -1.57. The highest BCUT2D eigenvalue weighted by atomic mass is 16.5. The number of allylic oxidation sites excluding steroid dienone is 1. The topological polar surface area (TPSA) is 21.6 Å². The Bertz CT molecular complexity index is 552. The Morgan fingerprint density at radius 3 is 2.78 bits per heavy atom. The van der Waals surface area contributed by atoms with Gasteiger partial charge in [-0.3, -0.25) is 4.99 Å². The van der Waals surface area contributed by atoms with E-state index in [4.69, 9.17) is 4.74 Å². The molecule has 2 aliphatic rings. The number of hydrogen-bond donors (Lipinski definition) is 0. The molecule has 2 heteroatoms. The summed E-state index contributed by atoms with van der Waals surface area (Å²) in [5.41, 5.74) is 5.91. The Kier molecular flexibility index (Phi) is 2.54. The monoisotopic (exact) mass is 241 g/mol. The molecule has 0 aromatic heterocycles. The van der Waals surface area contributed by atoms with E-state index in [9.17, 15) is 0 Å². The molecule has 1 aliphatic carbocycles. The van der Waals surface area contributed by atoms with Crippen LogP contribution in [-0.4, -0.2) is 19.9 Å². The summed E-state index contributed by atoms with van der Waals surface area (Å²) < 4.78 is 5.33. The Morgan fingerprint density at radius 1 is 1.28 bits per heavy atom. The first-order valence-electron chi connectivity index (χ1n) is 6.52. The zero-order chi connectivity index (χ0) is 12.8. The molecule has 0 spiro atoms. The van der Waals surface area contributed by atoms with Gasteiger partial charge < -0.3 is 4.74 Å². The molecule has 0 fully saturated rings. The second-order valence-corrected chi connectivity index (χ2v) is 5.77. The van der Waals surface area contributed by atoms with E-state index < -0.39 is 0 Å². The minimum atomic E-state index is 0.209. The van der Waals surface area contributed by atoms with E-state index in [1.54, 1.807) is 7.11 Å². The zero-order valence-electron chi connectivity index (χ0n) is 11.3. The van der Waals surface area contributed by atoms with Crippen LogP contribution >= 0.6 is 0 Å². The number of nitrogens with zero attached hydrogens (tertiary/aromatic N) is 1. The first kappa shape index (κ1) is 11.5. The summed E-state index contributed by atoms with van der Waals surface area (Å²) in [7, 11) is 1.73. The van der Waals surface area contributed by atoms with Crippen molar-refractivity contribution < 1.29 is 4.74 Å². The molecule has 0 saturated carbocycles. The summed E-state index contributed by atoms with van der Waals surface area (Å²) in [4.78, 5) is 4.37. The predicted molar refractivity (Wildman–Crippen MR) is 75.4 cm³/mol. The molecule has 0 amide bonds. The standard InChI is InChI=1S/C16H19NO/c1-16(2)9-12-8-13(18-3)4-5-14(12)15(16)11-6-7-17-10-11/h4-5,8,10H,6-7,9H2,1-3H3/b15-11-. The Labute approximate surface area is 108 Å². The van der Waals surface area contributed by atoms with Gasteiger partial charge in [-0.15, -0.1) is 0 Å². The highest BCUT2D eigenvalue weighted by molar-refractivity contribution is 5.96. The molecule has 0 N–H and O–H groups in total. The van der Waals surface area contributed by atoms with Gasteiger partial charge in [-0.05, 0) is 52.7 Å².